The second-order valence-corrected chi connectivity index (χ2v) is 6.52. The Morgan fingerprint density at radius 2 is 2.24 bits per heavy atom. The molecule has 96 valence electrons. The van der Waals surface area contributed by atoms with Gasteiger partial charge in [-0.25, -0.2) is 4.98 Å². The summed E-state index contributed by atoms with van der Waals surface area (Å²) in [5.41, 5.74) is 6.40. The van der Waals surface area contributed by atoms with Crippen molar-refractivity contribution in [2.75, 3.05) is 6.54 Å². The minimum absolute atomic E-state index is 0.349. The number of nitrogens with two attached hydrogens (primary N) is 1. The fourth-order valence-corrected chi connectivity index (χ4v) is 3.89. The fourth-order valence-electron chi connectivity index (χ4n) is 3.10. The number of hydrogen-bond acceptors (Lipinski definition) is 3. The van der Waals surface area contributed by atoms with Gasteiger partial charge in [0, 0.05) is 18.0 Å². The van der Waals surface area contributed by atoms with Crippen molar-refractivity contribution in [2.24, 2.45) is 17.1 Å². The van der Waals surface area contributed by atoms with Gasteiger partial charge >= 0.3 is 0 Å². The zero-order valence-electron chi connectivity index (χ0n) is 10.8. The highest BCUT2D eigenvalue weighted by molar-refractivity contribution is 7.09. The molecule has 0 radical (unpaired) electrons. The number of rotatable bonds is 5. The Kier molecular flexibility index (Phi) is 4.57. The highest BCUT2D eigenvalue weighted by Gasteiger charge is 2.34. The first kappa shape index (κ1) is 13.0. The summed E-state index contributed by atoms with van der Waals surface area (Å²) in [5, 5.41) is 3.34. The van der Waals surface area contributed by atoms with Crippen molar-refractivity contribution in [3.63, 3.8) is 0 Å². The third-order valence-electron chi connectivity index (χ3n) is 4.31. The molecular formula is C14H24N2S. The van der Waals surface area contributed by atoms with Crippen molar-refractivity contribution >= 4 is 11.3 Å². The predicted molar refractivity (Wildman–Crippen MR) is 74.2 cm³/mol. The summed E-state index contributed by atoms with van der Waals surface area (Å²) in [4.78, 5) is 4.42. The number of aromatic nitrogens is 1. The van der Waals surface area contributed by atoms with Crippen LogP contribution in [0.3, 0.4) is 0 Å². The molecule has 0 aromatic carbocycles. The molecule has 0 saturated heterocycles. The lowest BCUT2D eigenvalue weighted by atomic mass is 9.68. The van der Waals surface area contributed by atoms with E-state index in [0.29, 0.717) is 5.41 Å². The van der Waals surface area contributed by atoms with Gasteiger partial charge in [-0.05, 0) is 43.6 Å². The van der Waals surface area contributed by atoms with Crippen molar-refractivity contribution in [3.05, 3.63) is 16.6 Å². The van der Waals surface area contributed by atoms with E-state index in [-0.39, 0.29) is 0 Å². The Hall–Kier alpha value is -0.410. The number of thiazole rings is 1. The molecule has 2 N–H and O–H groups in total. The van der Waals surface area contributed by atoms with Crippen molar-refractivity contribution < 1.29 is 0 Å². The lowest BCUT2D eigenvalue weighted by molar-refractivity contribution is 0.150. The van der Waals surface area contributed by atoms with Gasteiger partial charge in [0.2, 0.25) is 0 Å². The lowest BCUT2D eigenvalue weighted by Gasteiger charge is -2.39. The van der Waals surface area contributed by atoms with E-state index in [1.54, 1.807) is 11.3 Å². The van der Waals surface area contributed by atoms with Crippen molar-refractivity contribution in [1.82, 2.24) is 4.98 Å². The van der Waals surface area contributed by atoms with Crippen LogP contribution in [0.15, 0.2) is 11.6 Å². The van der Waals surface area contributed by atoms with Crippen LogP contribution in [0.1, 0.15) is 50.5 Å². The van der Waals surface area contributed by atoms with Gasteiger partial charge in [0.1, 0.15) is 0 Å². The van der Waals surface area contributed by atoms with Gasteiger partial charge in [-0.15, -0.1) is 11.3 Å². The van der Waals surface area contributed by atoms with Gasteiger partial charge in [-0.3, -0.25) is 0 Å². The van der Waals surface area contributed by atoms with E-state index in [2.05, 4.69) is 17.3 Å². The largest absolute Gasteiger partial charge is 0.330 e. The Labute approximate surface area is 109 Å². The Morgan fingerprint density at radius 3 is 2.76 bits per heavy atom. The average molecular weight is 252 g/mol. The van der Waals surface area contributed by atoms with Crippen molar-refractivity contribution in [3.8, 4) is 0 Å². The summed E-state index contributed by atoms with van der Waals surface area (Å²) in [6, 6.07) is 0. The maximum absolute atomic E-state index is 6.05. The SMILES string of the molecule is CCCC1CCC(CN)(Cc2nccs2)CC1. The molecule has 0 atom stereocenters. The van der Waals surface area contributed by atoms with E-state index in [0.717, 1.165) is 18.9 Å². The summed E-state index contributed by atoms with van der Waals surface area (Å²) in [7, 11) is 0. The molecule has 1 aliphatic carbocycles. The van der Waals surface area contributed by atoms with Crippen LogP contribution in [0.25, 0.3) is 0 Å². The summed E-state index contributed by atoms with van der Waals surface area (Å²) in [6.07, 6.45) is 11.1. The molecule has 0 amide bonds. The van der Waals surface area contributed by atoms with Gasteiger partial charge in [0.25, 0.3) is 0 Å². The molecule has 1 fully saturated rings. The third-order valence-corrected chi connectivity index (χ3v) is 5.09. The second kappa shape index (κ2) is 5.96. The van der Waals surface area contributed by atoms with Gasteiger partial charge in [-0.2, -0.15) is 0 Å². The van der Waals surface area contributed by atoms with Gasteiger partial charge < -0.3 is 5.73 Å². The van der Waals surface area contributed by atoms with Crippen molar-refractivity contribution in [2.45, 2.75) is 51.9 Å². The Morgan fingerprint density at radius 1 is 1.47 bits per heavy atom. The van der Waals surface area contributed by atoms with Crippen LogP contribution < -0.4 is 5.73 Å². The average Bonchev–Trinajstić information content (AvgIpc) is 2.85. The van der Waals surface area contributed by atoms with Crippen LogP contribution in [-0.4, -0.2) is 11.5 Å². The predicted octanol–water partition coefficient (Wildman–Crippen LogP) is 3.62. The number of hydrogen-bond donors (Lipinski definition) is 1. The van der Waals surface area contributed by atoms with Crippen LogP contribution in [-0.2, 0) is 6.42 Å². The van der Waals surface area contributed by atoms with E-state index >= 15 is 0 Å². The van der Waals surface area contributed by atoms with E-state index in [4.69, 9.17) is 5.73 Å². The lowest BCUT2D eigenvalue weighted by Crippen LogP contribution is -2.36. The molecule has 0 aliphatic heterocycles. The molecule has 0 unspecified atom stereocenters. The number of nitrogens with zero attached hydrogens (tertiary/aromatic N) is 1. The second-order valence-electron chi connectivity index (χ2n) is 5.54. The molecule has 2 nitrogen and oxygen atoms in total. The molecule has 17 heavy (non-hydrogen) atoms. The third kappa shape index (κ3) is 3.29. The quantitative estimate of drug-likeness (QED) is 0.869. The van der Waals surface area contributed by atoms with E-state index < -0.39 is 0 Å². The van der Waals surface area contributed by atoms with Crippen LogP contribution in [0.5, 0.6) is 0 Å². The zero-order chi connectivity index (χ0) is 12.1. The normalized spacial score (nSPS) is 29.4. The van der Waals surface area contributed by atoms with E-state index in [9.17, 15) is 0 Å². The molecule has 1 heterocycles. The zero-order valence-corrected chi connectivity index (χ0v) is 11.6. The highest BCUT2D eigenvalue weighted by Crippen LogP contribution is 2.42. The molecule has 2 rings (SSSR count). The topological polar surface area (TPSA) is 38.9 Å². The molecule has 1 aromatic heterocycles. The van der Waals surface area contributed by atoms with Crippen LogP contribution >= 0.6 is 11.3 Å². The molecule has 1 saturated carbocycles. The summed E-state index contributed by atoms with van der Waals surface area (Å²) in [6.45, 7) is 3.12. The van der Waals surface area contributed by atoms with Gasteiger partial charge in [-0.1, -0.05) is 19.8 Å². The van der Waals surface area contributed by atoms with Crippen LogP contribution in [0, 0.1) is 11.3 Å². The smallest absolute Gasteiger partial charge is 0.0930 e. The first-order valence-corrected chi connectivity index (χ1v) is 7.74. The summed E-state index contributed by atoms with van der Waals surface area (Å²) >= 11 is 1.77. The minimum Gasteiger partial charge on any atom is -0.330 e. The summed E-state index contributed by atoms with van der Waals surface area (Å²) in [5.74, 6) is 0.955. The summed E-state index contributed by atoms with van der Waals surface area (Å²) < 4.78 is 0. The minimum atomic E-state index is 0.349. The first-order chi connectivity index (χ1) is 8.28. The molecule has 0 spiro atoms. The van der Waals surface area contributed by atoms with Gasteiger partial charge in [0.15, 0.2) is 0 Å². The Bertz CT molecular complexity index is 313. The standard InChI is InChI=1S/C14H24N2S/c1-2-3-12-4-6-14(11-15,7-5-12)10-13-16-8-9-17-13/h8-9,12H,2-7,10-11,15H2,1H3. The molecular weight excluding hydrogens is 228 g/mol. The Balaban J connectivity index is 1.93. The highest BCUT2D eigenvalue weighted by atomic mass is 32.1. The maximum atomic E-state index is 6.05. The first-order valence-electron chi connectivity index (χ1n) is 6.86. The van der Waals surface area contributed by atoms with E-state index in [1.807, 2.05) is 6.20 Å². The van der Waals surface area contributed by atoms with Crippen LogP contribution in [0.4, 0.5) is 0 Å². The molecule has 1 aliphatic rings. The molecule has 1 aromatic rings. The van der Waals surface area contributed by atoms with Gasteiger partial charge in [0.05, 0.1) is 5.01 Å². The monoisotopic (exact) mass is 252 g/mol. The van der Waals surface area contributed by atoms with Crippen LogP contribution in [0.2, 0.25) is 0 Å². The maximum Gasteiger partial charge on any atom is 0.0930 e. The fraction of sp³-hybridized carbons (Fsp3) is 0.786. The molecule has 3 heteroatoms. The molecule has 0 bridgehead atoms. The van der Waals surface area contributed by atoms with E-state index in [1.165, 1.54) is 43.5 Å². The van der Waals surface area contributed by atoms with Crippen molar-refractivity contribution in [1.29, 1.82) is 0 Å².